The quantitative estimate of drug-likeness (QED) is 0.0577. The maximum atomic E-state index is 14.8. The van der Waals surface area contributed by atoms with E-state index in [9.17, 15) is 87.8 Å². The SMILES string of the molecule is C[Si](C)(CC(F)(F)C(F)(F)C(F)(F)C(F)CCCCCC(F)(F)F)[Te][Si](C)(C)CC(F)(F)C(F)(F)C(F)(F)C(F)CCCCCC(F)(F)F. The van der Waals surface area contributed by atoms with Crippen LogP contribution in [-0.4, -0.2) is 90.8 Å². The molecule has 0 aromatic carbocycles. The third-order valence-corrected chi connectivity index (χ3v) is 45.1. The molecule has 0 spiro atoms. The molecule has 0 heterocycles. The van der Waals surface area contributed by atoms with Gasteiger partial charge < -0.3 is 0 Å². The Morgan fingerprint density at radius 1 is 0.429 bits per heavy atom. The van der Waals surface area contributed by atoms with Gasteiger partial charge in [0.1, 0.15) is 0 Å². The van der Waals surface area contributed by atoms with Crippen LogP contribution in [-0.2, 0) is 0 Å². The fourth-order valence-electron chi connectivity index (χ4n) is 5.01. The van der Waals surface area contributed by atoms with E-state index >= 15 is 0 Å². The molecule has 0 aliphatic carbocycles. The van der Waals surface area contributed by atoms with E-state index in [2.05, 4.69) is 0 Å². The van der Waals surface area contributed by atoms with E-state index in [1.165, 1.54) is 0 Å². The Morgan fingerprint density at radius 2 is 0.694 bits per heavy atom. The summed E-state index contributed by atoms with van der Waals surface area (Å²) < 4.78 is 275. The summed E-state index contributed by atoms with van der Waals surface area (Å²) in [6.07, 6.45) is -26.9. The van der Waals surface area contributed by atoms with Crippen molar-refractivity contribution in [3.63, 3.8) is 0 Å². The zero-order valence-corrected chi connectivity index (χ0v) is 30.9. The van der Waals surface area contributed by atoms with Crippen LogP contribution in [0.5, 0.6) is 0 Å². The fourth-order valence-corrected chi connectivity index (χ4v) is 59.4. The predicted octanol–water partition coefficient (Wildman–Crippen LogP) is 12.6. The molecule has 0 saturated carbocycles. The summed E-state index contributed by atoms with van der Waals surface area (Å²) in [6, 6.07) is -4.14. The van der Waals surface area contributed by atoms with Gasteiger partial charge in [0.2, 0.25) is 0 Å². The molecule has 0 aliphatic rings. The average Bonchev–Trinajstić information content (AvgIpc) is 2.83. The zero-order valence-electron chi connectivity index (χ0n) is 26.6. The molecule has 2 atom stereocenters. The minimum absolute atomic E-state index is 0.546. The second-order valence-corrected chi connectivity index (χ2v) is 45.9. The Kier molecular flexibility index (Phi) is 16.8. The first-order valence-electron chi connectivity index (χ1n) is 14.8. The number of hydrogen-bond acceptors (Lipinski definition) is 0. The molecule has 0 aliphatic heterocycles. The van der Waals surface area contributed by atoms with Gasteiger partial charge in [-0.3, -0.25) is 0 Å². The Labute approximate surface area is 280 Å². The van der Waals surface area contributed by atoms with Gasteiger partial charge in [0.05, 0.1) is 0 Å². The summed E-state index contributed by atoms with van der Waals surface area (Å²) >= 11 is -2.50. The van der Waals surface area contributed by atoms with Crippen LogP contribution in [0.25, 0.3) is 0 Å². The number of hydrogen-bond donors (Lipinski definition) is 0. The van der Waals surface area contributed by atoms with Gasteiger partial charge in [-0.2, -0.15) is 26.3 Å². The minimum Gasteiger partial charge on any atom is -0.171 e. The molecule has 0 aromatic heterocycles. The normalized spacial score (nSPS) is 16.7. The molecule has 0 amide bonds. The van der Waals surface area contributed by atoms with Gasteiger partial charge in [-0.25, -0.2) is 0 Å². The van der Waals surface area contributed by atoms with E-state index < -0.39 is 167 Å². The standard InChI is InChI=1S/C26H38F20Si2Te/c1-47(2,15-19(29,30)25(43,44)23(39,40)17(27)11-7-5-9-13-21(33,34)35)49-48(3,4)16-20(31,32)26(45,46)24(41,42)18(28)12-8-6-10-14-22(36,37)38/h17-18H,5-16H2,1-4H3. The molecule has 49 heavy (non-hydrogen) atoms. The van der Waals surface area contributed by atoms with Crippen molar-refractivity contribution in [3.8, 4) is 0 Å². The Balaban J connectivity index is 5.67. The zero-order chi connectivity index (χ0) is 39.3. The summed E-state index contributed by atoms with van der Waals surface area (Å²) in [5.74, 6) is -36.3. The third-order valence-electron chi connectivity index (χ3n) is 7.23. The first-order valence-corrected chi connectivity index (χ1v) is 28.0. The van der Waals surface area contributed by atoms with Crippen molar-refractivity contribution in [1.82, 2.24) is 0 Å². The molecule has 0 bridgehead atoms. The Morgan fingerprint density at radius 3 is 0.939 bits per heavy atom. The first-order chi connectivity index (χ1) is 21.4. The van der Waals surface area contributed by atoms with Crippen LogP contribution in [0.3, 0.4) is 0 Å². The van der Waals surface area contributed by atoms with E-state index in [0.717, 1.165) is 26.2 Å². The number of rotatable bonds is 22. The van der Waals surface area contributed by atoms with Crippen LogP contribution in [0.2, 0.25) is 38.3 Å². The number of alkyl halides is 20. The van der Waals surface area contributed by atoms with E-state index in [0.29, 0.717) is 0 Å². The maximum absolute atomic E-state index is 14.8. The van der Waals surface area contributed by atoms with Gasteiger partial charge >= 0.3 is 255 Å². The summed E-state index contributed by atoms with van der Waals surface area (Å²) in [4.78, 5) is 0. The van der Waals surface area contributed by atoms with Crippen molar-refractivity contribution in [2.75, 3.05) is 0 Å². The molecular weight excluding hydrogens is 876 g/mol. The van der Waals surface area contributed by atoms with Crippen LogP contribution < -0.4 is 0 Å². The van der Waals surface area contributed by atoms with Crippen molar-refractivity contribution in [3.05, 3.63) is 0 Å². The summed E-state index contributed by atoms with van der Waals surface area (Å²) in [6.45, 7) is 3.45. The van der Waals surface area contributed by atoms with Crippen LogP contribution in [0, 0.1) is 0 Å². The second kappa shape index (κ2) is 16.9. The molecule has 2 unspecified atom stereocenters. The monoisotopic (exact) mass is 916 g/mol. The summed E-state index contributed by atoms with van der Waals surface area (Å²) in [5, 5.41) is 0. The molecule has 0 rings (SSSR count). The summed E-state index contributed by atoms with van der Waals surface area (Å²) in [5.41, 5.74) is -8.08. The molecule has 0 radical (unpaired) electrons. The topological polar surface area (TPSA) is 0 Å². The van der Waals surface area contributed by atoms with Gasteiger partial charge in [0, 0.05) is 0 Å². The van der Waals surface area contributed by atoms with Gasteiger partial charge in [-0.05, 0) is 0 Å². The van der Waals surface area contributed by atoms with Gasteiger partial charge in [-0.1, -0.05) is 0 Å². The van der Waals surface area contributed by atoms with Crippen molar-refractivity contribution in [1.29, 1.82) is 0 Å². The number of halogens is 20. The Hall–Kier alpha value is -0.177. The molecule has 296 valence electrons. The number of unbranched alkanes of at least 4 members (excludes halogenated alkanes) is 4. The van der Waals surface area contributed by atoms with Gasteiger partial charge in [0.25, 0.3) is 0 Å². The van der Waals surface area contributed by atoms with Crippen LogP contribution in [0.4, 0.5) is 87.8 Å². The van der Waals surface area contributed by atoms with Gasteiger partial charge in [0.15, 0.2) is 0 Å². The average molecular weight is 914 g/mol. The van der Waals surface area contributed by atoms with E-state index in [1.807, 2.05) is 0 Å². The molecular formula is C26H38F20Si2Te. The smallest absolute Gasteiger partial charge is 0.171 e. The van der Waals surface area contributed by atoms with Crippen molar-refractivity contribution in [2.45, 2.75) is 163 Å². The first kappa shape index (κ1) is 48.8. The third kappa shape index (κ3) is 14.3. The summed E-state index contributed by atoms with van der Waals surface area (Å²) in [7, 11) is 0. The van der Waals surface area contributed by atoms with E-state index in [1.54, 1.807) is 0 Å². The molecule has 0 saturated heterocycles. The van der Waals surface area contributed by atoms with E-state index in [4.69, 9.17) is 0 Å². The second-order valence-electron chi connectivity index (χ2n) is 13.1. The Bertz CT molecular complexity index is 931. The molecule has 0 aromatic rings. The van der Waals surface area contributed by atoms with Crippen LogP contribution >= 0.6 is 0 Å². The molecule has 23 heteroatoms. The predicted molar refractivity (Wildman–Crippen MR) is 148 cm³/mol. The van der Waals surface area contributed by atoms with Crippen molar-refractivity contribution < 1.29 is 87.8 Å². The molecule has 0 N–H and O–H groups in total. The molecule has 0 nitrogen and oxygen atoms in total. The van der Waals surface area contributed by atoms with Crippen molar-refractivity contribution >= 4 is 30.6 Å². The molecule has 0 fully saturated rings. The van der Waals surface area contributed by atoms with Gasteiger partial charge in [-0.15, -0.1) is 0 Å². The van der Waals surface area contributed by atoms with E-state index in [-0.39, 0.29) is 0 Å². The minimum atomic E-state index is -6.39. The van der Waals surface area contributed by atoms with Crippen LogP contribution in [0.15, 0.2) is 0 Å². The fraction of sp³-hybridized carbons (Fsp3) is 1.00. The van der Waals surface area contributed by atoms with Crippen molar-refractivity contribution in [2.24, 2.45) is 0 Å². The van der Waals surface area contributed by atoms with Crippen LogP contribution in [0.1, 0.15) is 64.2 Å².